The Morgan fingerprint density at radius 3 is 1.52 bits per heavy atom. The average Bonchev–Trinajstić information content (AvgIpc) is 2.69. The average molecular weight is 397 g/mol. The third-order valence-electron chi connectivity index (χ3n) is 5.96. The SMILES string of the molecule is CCc1cc(OCCOc2ccc(C(C)(C)CC)c(CC)c2)ccc1C(C)(C)C. The molecular weight excluding hydrogens is 356 g/mol. The maximum atomic E-state index is 5.98. The Morgan fingerprint density at radius 1 is 0.655 bits per heavy atom. The minimum atomic E-state index is 0.155. The Morgan fingerprint density at radius 2 is 1.10 bits per heavy atom. The van der Waals surface area contributed by atoms with E-state index in [1.54, 1.807) is 0 Å². The molecule has 160 valence electrons. The van der Waals surface area contributed by atoms with Gasteiger partial charge < -0.3 is 9.47 Å². The van der Waals surface area contributed by atoms with Gasteiger partial charge in [-0.15, -0.1) is 0 Å². The third-order valence-corrected chi connectivity index (χ3v) is 5.96. The molecule has 2 heteroatoms. The van der Waals surface area contributed by atoms with Crippen molar-refractivity contribution >= 4 is 0 Å². The Labute approximate surface area is 178 Å². The molecule has 0 aliphatic heterocycles. The molecule has 0 aliphatic carbocycles. The smallest absolute Gasteiger partial charge is 0.122 e. The van der Waals surface area contributed by atoms with Gasteiger partial charge in [0, 0.05) is 0 Å². The van der Waals surface area contributed by atoms with Crippen LogP contribution >= 0.6 is 0 Å². The number of benzene rings is 2. The highest BCUT2D eigenvalue weighted by Crippen LogP contribution is 2.32. The van der Waals surface area contributed by atoms with Gasteiger partial charge in [-0.05, 0) is 76.6 Å². The van der Waals surface area contributed by atoms with Crippen molar-refractivity contribution in [1.29, 1.82) is 0 Å². The molecule has 0 radical (unpaired) electrons. The van der Waals surface area contributed by atoms with Crippen molar-refractivity contribution in [3.8, 4) is 11.5 Å². The topological polar surface area (TPSA) is 18.5 Å². The Bertz CT molecular complexity index is 797. The van der Waals surface area contributed by atoms with Crippen LogP contribution in [0.3, 0.4) is 0 Å². The predicted molar refractivity (Wildman–Crippen MR) is 125 cm³/mol. The van der Waals surface area contributed by atoms with Crippen LogP contribution in [0.2, 0.25) is 0 Å². The van der Waals surface area contributed by atoms with Crippen LogP contribution < -0.4 is 9.47 Å². The van der Waals surface area contributed by atoms with Crippen molar-refractivity contribution in [2.45, 2.75) is 85.5 Å². The molecule has 0 amide bonds. The molecule has 0 saturated heterocycles. The van der Waals surface area contributed by atoms with Gasteiger partial charge in [-0.25, -0.2) is 0 Å². The number of hydrogen-bond acceptors (Lipinski definition) is 2. The van der Waals surface area contributed by atoms with Crippen molar-refractivity contribution in [2.75, 3.05) is 13.2 Å². The van der Waals surface area contributed by atoms with Gasteiger partial charge in [-0.2, -0.15) is 0 Å². The number of aryl methyl sites for hydroxylation is 2. The highest BCUT2D eigenvalue weighted by Gasteiger charge is 2.21. The first-order valence-corrected chi connectivity index (χ1v) is 11.1. The van der Waals surface area contributed by atoms with Crippen molar-refractivity contribution in [3.05, 3.63) is 58.7 Å². The van der Waals surface area contributed by atoms with Gasteiger partial charge in [-0.1, -0.05) is 67.5 Å². The van der Waals surface area contributed by atoms with Crippen LogP contribution in [-0.2, 0) is 23.7 Å². The molecule has 2 aromatic carbocycles. The van der Waals surface area contributed by atoms with E-state index in [-0.39, 0.29) is 10.8 Å². The molecule has 0 spiro atoms. The first-order chi connectivity index (χ1) is 13.6. The minimum absolute atomic E-state index is 0.155. The lowest BCUT2D eigenvalue weighted by Gasteiger charge is -2.26. The molecule has 2 rings (SSSR count). The fraction of sp³-hybridized carbons (Fsp3) is 0.556. The lowest BCUT2D eigenvalue weighted by molar-refractivity contribution is 0.217. The van der Waals surface area contributed by atoms with Crippen molar-refractivity contribution in [2.24, 2.45) is 0 Å². The fourth-order valence-electron chi connectivity index (χ4n) is 3.81. The number of hydrogen-bond donors (Lipinski definition) is 0. The monoisotopic (exact) mass is 396 g/mol. The van der Waals surface area contributed by atoms with Crippen molar-refractivity contribution in [1.82, 2.24) is 0 Å². The van der Waals surface area contributed by atoms with Gasteiger partial charge in [0.05, 0.1) is 0 Å². The molecule has 0 atom stereocenters. The summed E-state index contributed by atoms with van der Waals surface area (Å²) in [6.45, 7) is 19.1. The van der Waals surface area contributed by atoms with E-state index in [1.165, 1.54) is 22.3 Å². The summed E-state index contributed by atoms with van der Waals surface area (Å²) in [5.74, 6) is 1.85. The zero-order valence-corrected chi connectivity index (χ0v) is 19.8. The lowest BCUT2D eigenvalue weighted by Crippen LogP contribution is -2.18. The van der Waals surface area contributed by atoms with E-state index in [2.05, 4.69) is 91.8 Å². The Kier molecular flexibility index (Phi) is 7.80. The molecule has 0 fully saturated rings. The van der Waals surface area contributed by atoms with E-state index in [1.807, 2.05) is 0 Å². The van der Waals surface area contributed by atoms with E-state index in [0.717, 1.165) is 30.8 Å². The maximum absolute atomic E-state index is 5.98. The van der Waals surface area contributed by atoms with Gasteiger partial charge in [0.15, 0.2) is 0 Å². The van der Waals surface area contributed by atoms with Gasteiger partial charge in [0.1, 0.15) is 24.7 Å². The summed E-state index contributed by atoms with van der Waals surface area (Å²) in [6, 6.07) is 13.0. The first-order valence-electron chi connectivity index (χ1n) is 11.1. The van der Waals surface area contributed by atoms with E-state index in [4.69, 9.17) is 9.47 Å². The number of rotatable bonds is 9. The zero-order valence-electron chi connectivity index (χ0n) is 19.8. The quantitative estimate of drug-likeness (QED) is 0.415. The summed E-state index contributed by atoms with van der Waals surface area (Å²) >= 11 is 0. The highest BCUT2D eigenvalue weighted by atomic mass is 16.5. The highest BCUT2D eigenvalue weighted by molar-refractivity contribution is 5.40. The summed E-state index contributed by atoms with van der Waals surface area (Å²) in [7, 11) is 0. The molecule has 0 aliphatic rings. The molecule has 0 aromatic heterocycles. The molecule has 0 N–H and O–H groups in total. The molecule has 0 saturated carbocycles. The maximum Gasteiger partial charge on any atom is 0.122 e. The van der Waals surface area contributed by atoms with Crippen LogP contribution in [0.4, 0.5) is 0 Å². The summed E-state index contributed by atoms with van der Waals surface area (Å²) in [4.78, 5) is 0. The molecule has 29 heavy (non-hydrogen) atoms. The third kappa shape index (κ3) is 6.01. The lowest BCUT2D eigenvalue weighted by atomic mass is 9.79. The first kappa shape index (κ1) is 23.3. The van der Waals surface area contributed by atoms with Gasteiger partial charge in [0.2, 0.25) is 0 Å². The van der Waals surface area contributed by atoms with E-state index >= 15 is 0 Å². The number of ether oxygens (including phenoxy) is 2. The van der Waals surface area contributed by atoms with Crippen LogP contribution in [0, 0.1) is 0 Å². The Hall–Kier alpha value is -1.96. The predicted octanol–water partition coefficient (Wildman–Crippen LogP) is 7.25. The molecule has 0 unspecified atom stereocenters. The molecule has 0 heterocycles. The van der Waals surface area contributed by atoms with Crippen molar-refractivity contribution in [3.63, 3.8) is 0 Å². The van der Waals surface area contributed by atoms with Crippen LogP contribution in [-0.4, -0.2) is 13.2 Å². The fourth-order valence-corrected chi connectivity index (χ4v) is 3.81. The van der Waals surface area contributed by atoms with Crippen LogP contribution in [0.5, 0.6) is 11.5 Å². The molecule has 2 aromatic rings. The summed E-state index contributed by atoms with van der Waals surface area (Å²) in [6.07, 6.45) is 3.16. The largest absolute Gasteiger partial charge is 0.490 e. The minimum Gasteiger partial charge on any atom is -0.490 e. The van der Waals surface area contributed by atoms with Crippen LogP contribution in [0.25, 0.3) is 0 Å². The second-order valence-electron chi connectivity index (χ2n) is 9.53. The molecule has 0 bridgehead atoms. The van der Waals surface area contributed by atoms with E-state index < -0.39 is 0 Å². The van der Waals surface area contributed by atoms with Crippen molar-refractivity contribution < 1.29 is 9.47 Å². The van der Waals surface area contributed by atoms with E-state index in [9.17, 15) is 0 Å². The summed E-state index contributed by atoms with van der Waals surface area (Å²) < 4.78 is 11.9. The Balaban J connectivity index is 1.97. The van der Waals surface area contributed by atoms with E-state index in [0.29, 0.717) is 13.2 Å². The zero-order chi connectivity index (χ0) is 21.7. The molecule has 2 nitrogen and oxygen atoms in total. The standard InChI is InChI=1S/C27H40O2/c1-9-20-18-22(12-14-24(20)26(4,5)6)28-16-17-29-23-13-15-25(21(10-2)19-23)27(7,8)11-3/h12-15,18-19H,9-11,16-17H2,1-8H3. The van der Waals surface area contributed by atoms with Gasteiger partial charge in [0.25, 0.3) is 0 Å². The normalized spacial score (nSPS) is 12.1. The summed E-state index contributed by atoms with van der Waals surface area (Å²) in [5, 5.41) is 0. The second kappa shape index (κ2) is 9.69. The molecular formula is C27H40O2. The summed E-state index contributed by atoms with van der Waals surface area (Å²) in [5.41, 5.74) is 5.91. The van der Waals surface area contributed by atoms with Gasteiger partial charge >= 0.3 is 0 Å². The van der Waals surface area contributed by atoms with Crippen LogP contribution in [0.1, 0.15) is 84.1 Å². The second-order valence-corrected chi connectivity index (χ2v) is 9.53. The van der Waals surface area contributed by atoms with Gasteiger partial charge in [-0.3, -0.25) is 0 Å². The van der Waals surface area contributed by atoms with Crippen LogP contribution in [0.15, 0.2) is 36.4 Å².